The van der Waals surface area contributed by atoms with Gasteiger partial charge >= 0.3 is 0 Å². The van der Waals surface area contributed by atoms with Crippen LogP contribution in [0.4, 0.5) is 0 Å². The molecule has 0 saturated carbocycles. The summed E-state index contributed by atoms with van der Waals surface area (Å²) in [6, 6.07) is 1.81. The van der Waals surface area contributed by atoms with Crippen LogP contribution in [-0.4, -0.2) is 16.3 Å². The molecule has 2 rings (SSSR count). The highest BCUT2D eigenvalue weighted by molar-refractivity contribution is 7.80. The molecule has 0 aliphatic rings. The monoisotopic (exact) mass is 210 g/mol. The fourth-order valence-corrected chi connectivity index (χ4v) is 1.90. The first-order chi connectivity index (χ1) is 6.24. The number of hydrogen-bond acceptors (Lipinski definition) is 3. The fraction of sp³-hybridized carbons (Fsp3) is 0. The van der Waals surface area contributed by atoms with E-state index in [0.717, 1.165) is 17.2 Å². The molecule has 2 aromatic rings. The molecule has 2 heterocycles. The van der Waals surface area contributed by atoms with E-state index in [4.69, 9.17) is 12.2 Å². The number of aromatic amines is 2. The lowest BCUT2D eigenvalue weighted by molar-refractivity contribution is 0.112. The molecule has 3 nitrogen and oxygen atoms in total. The molecule has 2 N–H and O–H groups in total. The second-order valence-corrected chi connectivity index (χ2v) is 3.46. The number of pyridine rings is 1. The number of aldehydes is 1. The largest absolute Gasteiger partial charge is 0.359 e. The lowest BCUT2D eigenvalue weighted by Gasteiger charge is -1.99. The second kappa shape index (κ2) is 3.01. The summed E-state index contributed by atoms with van der Waals surface area (Å²) in [5.74, 6) is 0. The number of rotatable bonds is 1. The van der Waals surface area contributed by atoms with Gasteiger partial charge in [0.05, 0.1) is 16.1 Å². The van der Waals surface area contributed by atoms with Gasteiger partial charge in [-0.1, -0.05) is 12.2 Å². The Balaban J connectivity index is 3.05. The van der Waals surface area contributed by atoms with E-state index in [-0.39, 0.29) is 0 Å². The van der Waals surface area contributed by atoms with E-state index < -0.39 is 0 Å². The van der Waals surface area contributed by atoms with Crippen LogP contribution >= 0.6 is 24.8 Å². The van der Waals surface area contributed by atoms with E-state index in [0.29, 0.717) is 15.2 Å². The van der Waals surface area contributed by atoms with E-state index in [1.54, 1.807) is 6.20 Å². The first-order valence-electron chi connectivity index (χ1n) is 3.61. The minimum Gasteiger partial charge on any atom is -0.359 e. The fourth-order valence-electron chi connectivity index (χ4n) is 1.27. The van der Waals surface area contributed by atoms with Crippen molar-refractivity contribution in [3.63, 3.8) is 0 Å². The summed E-state index contributed by atoms with van der Waals surface area (Å²) in [7, 11) is 0. The van der Waals surface area contributed by atoms with Crippen LogP contribution in [0, 0.1) is 4.64 Å². The Kier molecular flexibility index (Phi) is 1.97. The van der Waals surface area contributed by atoms with Crippen molar-refractivity contribution in [2.75, 3.05) is 0 Å². The third-order valence-corrected chi connectivity index (χ3v) is 2.53. The lowest BCUT2D eigenvalue weighted by Crippen LogP contribution is -1.89. The van der Waals surface area contributed by atoms with Gasteiger partial charge in [-0.2, -0.15) is 0 Å². The van der Waals surface area contributed by atoms with Crippen LogP contribution in [0.15, 0.2) is 17.3 Å². The topological polar surface area (TPSA) is 48.6 Å². The first-order valence-corrected chi connectivity index (χ1v) is 4.47. The summed E-state index contributed by atoms with van der Waals surface area (Å²) in [6.45, 7) is 0. The van der Waals surface area contributed by atoms with Crippen molar-refractivity contribution in [1.82, 2.24) is 9.97 Å². The Hall–Kier alpha value is -1.07. The average Bonchev–Trinajstić information content (AvgIpc) is 2.53. The minimum absolute atomic E-state index is 0.507. The number of aromatic nitrogens is 2. The number of carbonyl (C=O) groups excluding carboxylic acids is 1. The molecule has 0 spiro atoms. The Morgan fingerprint density at radius 1 is 1.54 bits per heavy atom. The summed E-state index contributed by atoms with van der Waals surface area (Å²) in [6.07, 6.45) is 2.51. The van der Waals surface area contributed by atoms with Gasteiger partial charge < -0.3 is 9.97 Å². The van der Waals surface area contributed by atoms with Crippen LogP contribution in [0.25, 0.3) is 10.9 Å². The van der Waals surface area contributed by atoms with Crippen molar-refractivity contribution in [2.45, 2.75) is 5.03 Å². The Morgan fingerprint density at radius 2 is 2.31 bits per heavy atom. The molecule has 0 aliphatic carbocycles. The molecular formula is C8H6N2OS2. The van der Waals surface area contributed by atoms with E-state index in [1.807, 2.05) is 6.07 Å². The minimum atomic E-state index is 0.507. The number of nitrogens with one attached hydrogen (secondary N) is 2. The molecule has 5 heteroatoms. The molecule has 13 heavy (non-hydrogen) atoms. The van der Waals surface area contributed by atoms with Crippen LogP contribution < -0.4 is 0 Å². The highest BCUT2D eigenvalue weighted by Crippen LogP contribution is 2.21. The molecule has 2 aromatic heterocycles. The number of H-pyrrole nitrogens is 2. The number of hydrogen-bond donors (Lipinski definition) is 3. The molecule has 0 aliphatic heterocycles. The second-order valence-electron chi connectivity index (χ2n) is 2.60. The SMILES string of the molecule is O=Cc1c(S)[nH]c(=S)c2[nH]ccc12. The van der Waals surface area contributed by atoms with Gasteiger partial charge in [0, 0.05) is 11.6 Å². The van der Waals surface area contributed by atoms with Crippen LogP contribution in [0.5, 0.6) is 0 Å². The van der Waals surface area contributed by atoms with E-state index in [2.05, 4.69) is 22.6 Å². The van der Waals surface area contributed by atoms with Crippen LogP contribution in [0.1, 0.15) is 10.4 Å². The van der Waals surface area contributed by atoms with Gasteiger partial charge in [-0.15, -0.1) is 12.6 Å². The lowest BCUT2D eigenvalue weighted by atomic mass is 10.2. The van der Waals surface area contributed by atoms with Crippen LogP contribution in [-0.2, 0) is 0 Å². The number of carbonyl (C=O) groups is 1. The standard InChI is InChI=1S/C8H6N2OS2/c11-3-5-4-1-2-9-6(4)8(13)10-7(5)12/h1-3,9H,(H2,10,12,13). The van der Waals surface area contributed by atoms with Crippen molar-refractivity contribution in [1.29, 1.82) is 0 Å². The van der Waals surface area contributed by atoms with Crippen molar-refractivity contribution in [2.24, 2.45) is 0 Å². The van der Waals surface area contributed by atoms with Gasteiger partial charge in [0.2, 0.25) is 0 Å². The van der Waals surface area contributed by atoms with Gasteiger partial charge in [-0.05, 0) is 6.07 Å². The van der Waals surface area contributed by atoms with Crippen molar-refractivity contribution in [3.05, 3.63) is 22.5 Å². The zero-order valence-corrected chi connectivity index (χ0v) is 8.21. The van der Waals surface area contributed by atoms with Gasteiger partial charge in [-0.25, -0.2) is 0 Å². The first kappa shape index (κ1) is 8.52. The van der Waals surface area contributed by atoms with E-state index in [1.165, 1.54) is 0 Å². The summed E-state index contributed by atoms with van der Waals surface area (Å²) in [5.41, 5.74) is 1.31. The predicted molar refractivity (Wildman–Crippen MR) is 56.1 cm³/mol. The van der Waals surface area contributed by atoms with Crippen molar-refractivity contribution < 1.29 is 4.79 Å². The van der Waals surface area contributed by atoms with Gasteiger partial charge in [0.25, 0.3) is 0 Å². The Labute approximate surface area is 84.6 Å². The summed E-state index contributed by atoms with van der Waals surface area (Å²) < 4.78 is 0.565. The zero-order valence-electron chi connectivity index (χ0n) is 6.50. The molecule has 0 atom stereocenters. The average molecular weight is 210 g/mol. The van der Waals surface area contributed by atoms with Crippen LogP contribution in [0.2, 0.25) is 0 Å². The molecule has 0 radical (unpaired) electrons. The van der Waals surface area contributed by atoms with E-state index >= 15 is 0 Å². The van der Waals surface area contributed by atoms with Gasteiger partial charge in [0.15, 0.2) is 6.29 Å². The predicted octanol–water partition coefficient (Wildman–Crippen LogP) is 2.33. The maximum atomic E-state index is 10.7. The molecule has 0 aromatic carbocycles. The van der Waals surface area contributed by atoms with Crippen molar-refractivity contribution >= 4 is 42.0 Å². The van der Waals surface area contributed by atoms with Crippen LogP contribution in [0.3, 0.4) is 0 Å². The maximum absolute atomic E-state index is 10.7. The molecule has 0 bridgehead atoms. The third-order valence-electron chi connectivity index (χ3n) is 1.87. The Bertz CT molecular complexity index is 526. The quantitative estimate of drug-likeness (QED) is 0.384. The Morgan fingerprint density at radius 3 is 3.00 bits per heavy atom. The third kappa shape index (κ3) is 1.20. The van der Waals surface area contributed by atoms with Gasteiger partial charge in [0.1, 0.15) is 4.64 Å². The highest BCUT2D eigenvalue weighted by atomic mass is 32.1. The summed E-state index contributed by atoms with van der Waals surface area (Å²) in [5, 5.41) is 1.32. The number of fused-ring (bicyclic) bond motifs is 1. The zero-order chi connectivity index (χ0) is 9.42. The molecule has 66 valence electrons. The van der Waals surface area contributed by atoms with Crippen molar-refractivity contribution in [3.8, 4) is 0 Å². The highest BCUT2D eigenvalue weighted by Gasteiger charge is 2.06. The summed E-state index contributed by atoms with van der Waals surface area (Å²) >= 11 is 9.18. The normalized spacial score (nSPS) is 10.5. The molecule has 0 saturated heterocycles. The summed E-state index contributed by atoms with van der Waals surface area (Å²) in [4.78, 5) is 16.5. The van der Waals surface area contributed by atoms with Gasteiger partial charge in [-0.3, -0.25) is 4.79 Å². The maximum Gasteiger partial charge on any atom is 0.153 e. The number of thiol groups is 1. The molecule has 0 unspecified atom stereocenters. The molecule has 0 fully saturated rings. The van der Waals surface area contributed by atoms with E-state index in [9.17, 15) is 4.79 Å². The molecular weight excluding hydrogens is 204 g/mol. The molecule has 0 amide bonds. The smallest absolute Gasteiger partial charge is 0.153 e.